The minimum atomic E-state index is -0.264. The lowest BCUT2D eigenvalue weighted by atomic mass is 10.1. The summed E-state index contributed by atoms with van der Waals surface area (Å²) < 4.78 is 10.7. The molecule has 0 aliphatic rings. The maximum Gasteiger partial charge on any atom is 0.306 e. The average molecular weight is 341 g/mol. The van der Waals surface area contributed by atoms with Crippen LogP contribution in [0.5, 0.6) is 0 Å². The highest BCUT2D eigenvalue weighted by Crippen LogP contribution is 2.11. The number of unbranched alkanes of at least 4 members (excludes halogenated alkanes) is 4. The van der Waals surface area contributed by atoms with Gasteiger partial charge in [0.25, 0.3) is 0 Å². The van der Waals surface area contributed by atoms with Gasteiger partial charge < -0.3 is 9.47 Å². The smallest absolute Gasteiger partial charge is 0.306 e. The molecule has 0 spiro atoms. The Bertz CT molecular complexity index is 352. The van der Waals surface area contributed by atoms with Gasteiger partial charge in [-0.05, 0) is 39.0 Å². The minimum Gasteiger partial charge on any atom is -0.463 e. The van der Waals surface area contributed by atoms with Gasteiger partial charge in [-0.15, -0.1) is 0 Å². The number of esters is 2. The molecule has 0 aromatic rings. The molecule has 0 radical (unpaired) electrons. The second-order valence-corrected chi connectivity index (χ2v) is 6.41. The molecular weight excluding hydrogens is 304 g/mol. The third-order valence-electron chi connectivity index (χ3n) is 3.95. The van der Waals surface area contributed by atoms with Crippen LogP contribution in [0.3, 0.4) is 0 Å². The Kier molecular flexibility index (Phi) is 14.4. The van der Waals surface area contributed by atoms with Crippen molar-refractivity contribution in [2.24, 2.45) is 0 Å². The Morgan fingerprint density at radius 3 is 1.96 bits per heavy atom. The standard InChI is InChI=1S/C20H36O4/c1-5-8-10-13-17(4)23-19(21)15-12-16-20(22)24-18(7-3)14-11-9-6-2/h7,17-18H,3,5-6,8-16H2,1-2,4H3. The molecule has 0 fully saturated rings. The molecule has 0 aliphatic carbocycles. The SMILES string of the molecule is C=CC(CCCCC)OC(=O)CCCC(=O)OC(C)CCCCC. The first-order chi connectivity index (χ1) is 11.5. The van der Waals surface area contributed by atoms with Gasteiger partial charge in [0.2, 0.25) is 0 Å². The topological polar surface area (TPSA) is 52.6 Å². The van der Waals surface area contributed by atoms with Gasteiger partial charge in [0.1, 0.15) is 6.10 Å². The van der Waals surface area contributed by atoms with Gasteiger partial charge in [-0.2, -0.15) is 0 Å². The Morgan fingerprint density at radius 1 is 0.875 bits per heavy atom. The summed E-state index contributed by atoms with van der Waals surface area (Å²) in [6.07, 6.45) is 10.8. The fourth-order valence-corrected chi connectivity index (χ4v) is 2.45. The molecule has 0 heterocycles. The molecule has 140 valence electrons. The van der Waals surface area contributed by atoms with Crippen molar-refractivity contribution in [3.8, 4) is 0 Å². The van der Waals surface area contributed by atoms with Gasteiger partial charge in [0.15, 0.2) is 0 Å². The molecule has 0 saturated carbocycles. The molecule has 0 rings (SSSR count). The van der Waals surface area contributed by atoms with Crippen molar-refractivity contribution in [3.63, 3.8) is 0 Å². The van der Waals surface area contributed by atoms with Crippen LogP contribution in [0.1, 0.15) is 91.4 Å². The van der Waals surface area contributed by atoms with E-state index in [2.05, 4.69) is 20.4 Å². The highest BCUT2D eigenvalue weighted by molar-refractivity contribution is 5.72. The predicted octanol–water partition coefficient (Wildman–Crippen LogP) is 5.35. The van der Waals surface area contributed by atoms with Crippen LogP contribution in [-0.4, -0.2) is 24.1 Å². The number of hydrogen-bond donors (Lipinski definition) is 0. The summed E-state index contributed by atoms with van der Waals surface area (Å²) in [5.74, 6) is -0.491. The summed E-state index contributed by atoms with van der Waals surface area (Å²) in [4.78, 5) is 23.5. The quantitative estimate of drug-likeness (QED) is 0.229. The highest BCUT2D eigenvalue weighted by Gasteiger charge is 2.13. The molecule has 2 unspecified atom stereocenters. The van der Waals surface area contributed by atoms with Crippen LogP contribution in [0.2, 0.25) is 0 Å². The lowest BCUT2D eigenvalue weighted by Crippen LogP contribution is -2.17. The van der Waals surface area contributed by atoms with Crippen molar-refractivity contribution in [3.05, 3.63) is 12.7 Å². The van der Waals surface area contributed by atoms with Crippen LogP contribution in [0.15, 0.2) is 12.7 Å². The third-order valence-corrected chi connectivity index (χ3v) is 3.95. The third kappa shape index (κ3) is 13.1. The van der Waals surface area contributed by atoms with E-state index in [1.807, 2.05) is 6.92 Å². The van der Waals surface area contributed by atoms with E-state index in [4.69, 9.17) is 9.47 Å². The first-order valence-electron chi connectivity index (χ1n) is 9.54. The second-order valence-electron chi connectivity index (χ2n) is 6.41. The van der Waals surface area contributed by atoms with Gasteiger partial charge in [-0.3, -0.25) is 9.59 Å². The number of ether oxygens (including phenoxy) is 2. The van der Waals surface area contributed by atoms with Crippen LogP contribution in [0.4, 0.5) is 0 Å². The molecule has 0 aromatic heterocycles. The average Bonchev–Trinajstić information content (AvgIpc) is 2.54. The minimum absolute atomic E-state index is 0.0419. The van der Waals surface area contributed by atoms with Crippen molar-refractivity contribution in [1.82, 2.24) is 0 Å². The Balaban J connectivity index is 3.81. The van der Waals surface area contributed by atoms with E-state index in [0.717, 1.165) is 51.4 Å². The van der Waals surface area contributed by atoms with Crippen LogP contribution < -0.4 is 0 Å². The molecule has 4 nitrogen and oxygen atoms in total. The van der Waals surface area contributed by atoms with Crippen LogP contribution >= 0.6 is 0 Å². The lowest BCUT2D eigenvalue weighted by molar-refractivity contribution is -0.149. The zero-order valence-electron chi connectivity index (χ0n) is 15.9. The lowest BCUT2D eigenvalue weighted by Gasteiger charge is -2.14. The summed E-state index contributed by atoms with van der Waals surface area (Å²) in [5, 5.41) is 0. The summed E-state index contributed by atoms with van der Waals surface area (Å²) in [6, 6.07) is 0. The largest absolute Gasteiger partial charge is 0.463 e. The predicted molar refractivity (Wildman–Crippen MR) is 97.8 cm³/mol. The summed E-state index contributed by atoms with van der Waals surface area (Å²) in [5.41, 5.74) is 0. The van der Waals surface area contributed by atoms with Crippen molar-refractivity contribution >= 4 is 11.9 Å². The van der Waals surface area contributed by atoms with Crippen molar-refractivity contribution in [1.29, 1.82) is 0 Å². The van der Waals surface area contributed by atoms with Gasteiger partial charge >= 0.3 is 11.9 Å². The van der Waals surface area contributed by atoms with E-state index in [1.54, 1.807) is 6.08 Å². The molecule has 2 atom stereocenters. The summed E-state index contributed by atoms with van der Waals surface area (Å²) >= 11 is 0. The second kappa shape index (κ2) is 15.2. The number of carbonyl (C=O) groups is 2. The zero-order chi connectivity index (χ0) is 18.2. The molecule has 0 N–H and O–H groups in total. The van der Waals surface area contributed by atoms with E-state index in [1.165, 1.54) is 0 Å². The molecule has 4 heteroatoms. The van der Waals surface area contributed by atoms with E-state index in [-0.39, 0.29) is 37.0 Å². The van der Waals surface area contributed by atoms with Crippen molar-refractivity contribution in [2.45, 2.75) is 104 Å². The fraction of sp³-hybridized carbons (Fsp3) is 0.800. The molecule has 24 heavy (non-hydrogen) atoms. The van der Waals surface area contributed by atoms with Crippen molar-refractivity contribution < 1.29 is 19.1 Å². The van der Waals surface area contributed by atoms with E-state index in [9.17, 15) is 9.59 Å². The zero-order valence-corrected chi connectivity index (χ0v) is 15.9. The Labute approximate surface area is 148 Å². The van der Waals surface area contributed by atoms with Gasteiger partial charge in [0, 0.05) is 12.8 Å². The van der Waals surface area contributed by atoms with Gasteiger partial charge in [-0.25, -0.2) is 0 Å². The van der Waals surface area contributed by atoms with Crippen molar-refractivity contribution in [2.75, 3.05) is 0 Å². The van der Waals surface area contributed by atoms with Gasteiger partial charge in [-0.1, -0.05) is 52.2 Å². The number of hydrogen-bond acceptors (Lipinski definition) is 4. The maximum absolute atomic E-state index is 11.8. The summed E-state index contributed by atoms with van der Waals surface area (Å²) in [7, 11) is 0. The highest BCUT2D eigenvalue weighted by atomic mass is 16.5. The number of carbonyl (C=O) groups excluding carboxylic acids is 2. The Morgan fingerprint density at radius 2 is 1.42 bits per heavy atom. The first-order valence-corrected chi connectivity index (χ1v) is 9.54. The number of rotatable bonds is 15. The molecule has 0 amide bonds. The maximum atomic E-state index is 11.8. The fourth-order valence-electron chi connectivity index (χ4n) is 2.45. The molecular formula is C20H36O4. The van der Waals surface area contributed by atoms with Gasteiger partial charge in [0.05, 0.1) is 6.10 Å². The van der Waals surface area contributed by atoms with E-state index in [0.29, 0.717) is 6.42 Å². The Hall–Kier alpha value is -1.32. The molecule has 0 saturated heterocycles. The normalized spacial score (nSPS) is 13.1. The van der Waals surface area contributed by atoms with Crippen LogP contribution in [0, 0.1) is 0 Å². The monoisotopic (exact) mass is 340 g/mol. The van der Waals surface area contributed by atoms with Crippen LogP contribution in [-0.2, 0) is 19.1 Å². The molecule has 0 bridgehead atoms. The van der Waals surface area contributed by atoms with E-state index < -0.39 is 0 Å². The van der Waals surface area contributed by atoms with E-state index >= 15 is 0 Å². The molecule has 0 aromatic carbocycles. The summed E-state index contributed by atoms with van der Waals surface area (Å²) in [6.45, 7) is 9.92. The molecule has 0 aliphatic heterocycles. The van der Waals surface area contributed by atoms with Crippen LogP contribution in [0.25, 0.3) is 0 Å². The first kappa shape index (κ1) is 22.7.